The summed E-state index contributed by atoms with van der Waals surface area (Å²) < 4.78 is 0. The van der Waals surface area contributed by atoms with Gasteiger partial charge in [-0.3, -0.25) is 4.79 Å². The molecule has 0 aliphatic heterocycles. The topological polar surface area (TPSA) is 49.3 Å². The van der Waals surface area contributed by atoms with E-state index in [0.717, 1.165) is 11.3 Å². The zero-order valence-corrected chi connectivity index (χ0v) is 10.8. The Morgan fingerprint density at radius 3 is 2.32 bits per heavy atom. The van der Waals surface area contributed by atoms with Crippen LogP contribution in [0.25, 0.3) is 0 Å². The van der Waals surface area contributed by atoms with E-state index in [1.165, 1.54) is 0 Å². The van der Waals surface area contributed by atoms with Crippen LogP contribution in [0, 0.1) is 0 Å². The summed E-state index contributed by atoms with van der Waals surface area (Å²) in [6, 6.07) is 16.7. The molecule has 2 aromatic rings. The molecule has 0 saturated heterocycles. The maximum Gasteiger partial charge on any atom is 0.132 e. The van der Waals surface area contributed by atoms with Crippen molar-refractivity contribution in [3.05, 3.63) is 60.2 Å². The number of hydrogen-bond donors (Lipinski definition) is 2. The van der Waals surface area contributed by atoms with Crippen molar-refractivity contribution in [2.75, 3.05) is 5.32 Å². The van der Waals surface area contributed by atoms with Crippen molar-refractivity contribution in [3.8, 4) is 5.75 Å². The average molecular weight is 255 g/mol. The molecule has 0 saturated carbocycles. The Bertz CT molecular complexity index is 534. The van der Waals surface area contributed by atoms with Crippen molar-refractivity contribution in [1.82, 2.24) is 0 Å². The van der Waals surface area contributed by atoms with Crippen molar-refractivity contribution < 1.29 is 9.90 Å². The average Bonchev–Trinajstić information content (AvgIpc) is 2.41. The van der Waals surface area contributed by atoms with Crippen molar-refractivity contribution in [2.45, 2.75) is 19.4 Å². The number of benzene rings is 2. The molecule has 0 aliphatic carbocycles. The second kappa shape index (κ2) is 6.05. The number of phenolic OH excluding ortho intramolecular Hbond substituents is 1. The highest BCUT2D eigenvalue weighted by atomic mass is 16.3. The monoisotopic (exact) mass is 255 g/mol. The smallest absolute Gasteiger partial charge is 0.132 e. The zero-order chi connectivity index (χ0) is 13.7. The number of carbonyl (C=O) groups is 1. The van der Waals surface area contributed by atoms with E-state index in [9.17, 15) is 9.90 Å². The van der Waals surface area contributed by atoms with Crippen LogP contribution in [-0.2, 0) is 4.79 Å². The number of anilines is 1. The molecule has 0 amide bonds. The summed E-state index contributed by atoms with van der Waals surface area (Å²) >= 11 is 0. The van der Waals surface area contributed by atoms with Crippen LogP contribution in [0.15, 0.2) is 54.6 Å². The quantitative estimate of drug-likeness (QED) is 0.804. The molecule has 2 rings (SSSR count). The first-order valence-electron chi connectivity index (χ1n) is 6.25. The lowest BCUT2D eigenvalue weighted by Crippen LogP contribution is -2.14. The molecule has 2 aromatic carbocycles. The van der Waals surface area contributed by atoms with E-state index in [-0.39, 0.29) is 17.6 Å². The first kappa shape index (κ1) is 13.1. The van der Waals surface area contributed by atoms with Crippen LogP contribution in [0.2, 0.25) is 0 Å². The fourth-order valence-corrected chi connectivity index (χ4v) is 1.98. The Morgan fingerprint density at radius 1 is 1.11 bits per heavy atom. The molecule has 0 aliphatic rings. The lowest BCUT2D eigenvalue weighted by Gasteiger charge is -2.19. The molecule has 0 fully saturated rings. The molecule has 2 N–H and O–H groups in total. The summed E-state index contributed by atoms with van der Waals surface area (Å²) in [4.78, 5) is 11.4. The van der Waals surface area contributed by atoms with Gasteiger partial charge in [-0.25, -0.2) is 0 Å². The normalized spacial score (nSPS) is 11.8. The van der Waals surface area contributed by atoms with Crippen LogP contribution in [-0.4, -0.2) is 10.9 Å². The molecular weight excluding hydrogens is 238 g/mol. The summed E-state index contributed by atoms with van der Waals surface area (Å²) in [5.74, 6) is 0.369. The van der Waals surface area contributed by atoms with Gasteiger partial charge in [0, 0.05) is 12.1 Å². The first-order valence-corrected chi connectivity index (χ1v) is 6.25. The van der Waals surface area contributed by atoms with E-state index >= 15 is 0 Å². The fraction of sp³-hybridized carbons (Fsp3) is 0.188. The second-order valence-electron chi connectivity index (χ2n) is 4.56. The highest BCUT2D eigenvalue weighted by molar-refractivity contribution is 5.77. The van der Waals surface area contributed by atoms with Gasteiger partial charge >= 0.3 is 0 Å². The third kappa shape index (κ3) is 3.85. The molecule has 0 radical (unpaired) electrons. The number of rotatable bonds is 5. The third-order valence-corrected chi connectivity index (χ3v) is 2.90. The zero-order valence-electron chi connectivity index (χ0n) is 10.8. The first-order chi connectivity index (χ1) is 9.15. The Labute approximate surface area is 112 Å². The van der Waals surface area contributed by atoms with Gasteiger partial charge in [0.05, 0.1) is 6.04 Å². The number of phenols is 1. The van der Waals surface area contributed by atoms with E-state index in [0.29, 0.717) is 6.42 Å². The largest absolute Gasteiger partial charge is 0.508 e. The maximum atomic E-state index is 11.4. The van der Waals surface area contributed by atoms with Gasteiger partial charge in [-0.1, -0.05) is 30.3 Å². The molecule has 98 valence electrons. The molecule has 0 spiro atoms. The van der Waals surface area contributed by atoms with Gasteiger partial charge < -0.3 is 10.4 Å². The Balaban J connectivity index is 2.19. The summed E-state index contributed by atoms with van der Waals surface area (Å²) in [5, 5.41) is 12.6. The molecule has 19 heavy (non-hydrogen) atoms. The second-order valence-corrected chi connectivity index (χ2v) is 4.56. The highest BCUT2D eigenvalue weighted by Crippen LogP contribution is 2.24. The number of carbonyl (C=O) groups excluding carboxylic acids is 1. The van der Waals surface area contributed by atoms with Crippen molar-refractivity contribution in [3.63, 3.8) is 0 Å². The molecule has 3 heteroatoms. The number of ketones is 1. The fourth-order valence-electron chi connectivity index (χ4n) is 1.98. The maximum absolute atomic E-state index is 11.4. The van der Waals surface area contributed by atoms with Gasteiger partial charge in [0.25, 0.3) is 0 Å². The summed E-state index contributed by atoms with van der Waals surface area (Å²) in [6.45, 7) is 1.59. The standard InChI is InChI=1S/C16H17NO2/c1-12(18)11-16(13-5-3-2-4-6-13)17-14-7-9-15(19)10-8-14/h2-10,16-17,19H,11H2,1H3. The van der Waals surface area contributed by atoms with E-state index < -0.39 is 0 Å². The van der Waals surface area contributed by atoms with Crippen molar-refractivity contribution >= 4 is 11.5 Å². The van der Waals surface area contributed by atoms with Crippen molar-refractivity contribution in [1.29, 1.82) is 0 Å². The third-order valence-electron chi connectivity index (χ3n) is 2.90. The predicted molar refractivity (Wildman–Crippen MR) is 76.2 cm³/mol. The van der Waals surface area contributed by atoms with Crippen LogP contribution in [0.3, 0.4) is 0 Å². The van der Waals surface area contributed by atoms with Crippen LogP contribution in [0.4, 0.5) is 5.69 Å². The number of nitrogens with one attached hydrogen (secondary N) is 1. The molecule has 0 aromatic heterocycles. The van der Waals surface area contributed by atoms with Crippen LogP contribution < -0.4 is 5.32 Å². The van der Waals surface area contributed by atoms with E-state index in [2.05, 4.69) is 5.32 Å². The SMILES string of the molecule is CC(=O)CC(Nc1ccc(O)cc1)c1ccccc1. The van der Waals surface area contributed by atoms with Crippen LogP contribution in [0.5, 0.6) is 5.75 Å². The highest BCUT2D eigenvalue weighted by Gasteiger charge is 2.13. The van der Waals surface area contributed by atoms with Gasteiger partial charge in [-0.2, -0.15) is 0 Å². The molecule has 1 unspecified atom stereocenters. The van der Waals surface area contributed by atoms with Crippen LogP contribution in [0.1, 0.15) is 24.9 Å². The van der Waals surface area contributed by atoms with E-state index in [1.807, 2.05) is 30.3 Å². The van der Waals surface area contributed by atoms with E-state index in [4.69, 9.17) is 0 Å². The molecule has 0 heterocycles. The number of hydrogen-bond acceptors (Lipinski definition) is 3. The Kier molecular flexibility index (Phi) is 4.18. The summed E-state index contributed by atoms with van der Waals surface area (Å²) in [7, 11) is 0. The molecule has 1 atom stereocenters. The minimum atomic E-state index is -0.0526. The number of Topliss-reactive ketones (excluding diaryl/α,β-unsaturated/α-hetero) is 1. The van der Waals surface area contributed by atoms with Crippen molar-refractivity contribution in [2.24, 2.45) is 0 Å². The summed E-state index contributed by atoms with van der Waals surface area (Å²) in [5.41, 5.74) is 1.96. The van der Waals surface area contributed by atoms with Gasteiger partial charge in [-0.15, -0.1) is 0 Å². The minimum absolute atomic E-state index is 0.0526. The summed E-state index contributed by atoms with van der Waals surface area (Å²) in [6.07, 6.45) is 0.435. The Morgan fingerprint density at radius 2 is 1.74 bits per heavy atom. The molecule has 3 nitrogen and oxygen atoms in total. The Hall–Kier alpha value is -2.29. The van der Waals surface area contributed by atoms with Gasteiger partial charge in [0.1, 0.15) is 11.5 Å². The molecular formula is C16H17NO2. The number of aromatic hydroxyl groups is 1. The van der Waals surface area contributed by atoms with Gasteiger partial charge in [0.2, 0.25) is 0 Å². The lowest BCUT2D eigenvalue weighted by molar-refractivity contribution is -0.117. The van der Waals surface area contributed by atoms with Gasteiger partial charge in [0.15, 0.2) is 0 Å². The van der Waals surface area contributed by atoms with Crippen LogP contribution >= 0.6 is 0 Å². The van der Waals surface area contributed by atoms with E-state index in [1.54, 1.807) is 31.2 Å². The predicted octanol–water partition coefficient (Wildman–Crippen LogP) is 3.52. The lowest BCUT2D eigenvalue weighted by atomic mass is 10.0. The van der Waals surface area contributed by atoms with Gasteiger partial charge in [-0.05, 0) is 36.8 Å². The minimum Gasteiger partial charge on any atom is -0.508 e. The molecule has 0 bridgehead atoms.